The van der Waals surface area contributed by atoms with E-state index in [1.54, 1.807) is 31.4 Å². The van der Waals surface area contributed by atoms with E-state index in [2.05, 4.69) is 11.1 Å². The molecule has 156 valence electrons. The Bertz CT molecular complexity index is 1130. The fourth-order valence-corrected chi connectivity index (χ4v) is 3.55. The number of nitrogens with one attached hydrogen (secondary N) is 1. The number of carbonyl (C=O) groups excluding carboxylic acids is 1. The van der Waals surface area contributed by atoms with Crippen molar-refractivity contribution in [3.8, 4) is 5.75 Å². The van der Waals surface area contributed by atoms with Crippen molar-refractivity contribution in [1.82, 2.24) is 4.98 Å². The highest BCUT2D eigenvalue weighted by molar-refractivity contribution is 5.90. The summed E-state index contributed by atoms with van der Waals surface area (Å²) in [6.07, 6.45) is 4.67. The number of hydrogen-bond acceptors (Lipinski definition) is 5. The number of esters is 1. The summed E-state index contributed by atoms with van der Waals surface area (Å²) in [5.74, 6) is -0.00874. The average molecular weight is 408 g/mol. The number of hydrogen-bond donors (Lipinski definition) is 1. The second-order valence-corrected chi connectivity index (χ2v) is 7.25. The molecule has 0 saturated carbocycles. The third-order valence-electron chi connectivity index (χ3n) is 5.08. The molecule has 0 saturated heterocycles. The Labute approximate surface area is 174 Å². The number of carbonyl (C=O) groups is 1. The van der Waals surface area contributed by atoms with Crippen molar-refractivity contribution >= 4 is 22.6 Å². The predicted molar refractivity (Wildman–Crippen MR) is 115 cm³/mol. The molecule has 0 fully saturated rings. The molecule has 0 aliphatic carbocycles. The van der Waals surface area contributed by atoms with Crippen molar-refractivity contribution in [2.75, 3.05) is 14.2 Å². The van der Waals surface area contributed by atoms with Crippen LogP contribution in [0.25, 0.3) is 10.9 Å². The Morgan fingerprint density at radius 1 is 1.17 bits per heavy atom. The minimum atomic E-state index is -0.441. The summed E-state index contributed by atoms with van der Waals surface area (Å²) in [5.41, 5.74) is 4.23. The molecule has 1 atom stereocenters. The molecule has 0 aliphatic heterocycles. The van der Waals surface area contributed by atoms with Gasteiger partial charge in [-0.15, -0.1) is 0 Å². The van der Waals surface area contributed by atoms with Gasteiger partial charge in [0, 0.05) is 40.7 Å². The minimum absolute atomic E-state index is 0.0392. The molecular formula is C23H24N2O5. The van der Waals surface area contributed by atoms with Crippen LogP contribution in [0, 0.1) is 10.1 Å². The van der Waals surface area contributed by atoms with Crippen LogP contribution in [0.1, 0.15) is 47.7 Å². The van der Waals surface area contributed by atoms with Crippen molar-refractivity contribution in [2.45, 2.75) is 26.2 Å². The molecule has 1 N–H and O–H groups in total. The maximum atomic E-state index is 11.9. The number of methoxy groups -OCH3 is 2. The molecule has 0 radical (unpaired) electrons. The standard InChI is InChI=1S/C23H24N2O5/c1-14(2)5-8-17(18-9-6-15(23(26)30-4)11-22(18)29-3)20-13-24-21-10-7-16(25(27)28)12-19(20)21/h5-7,9-13,17,24H,8H2,1-4H3. The van der Waals surface area contributed by atoms with Crippen LogP contribution in [0.2, 0.25) is 0 Å². The zero-order valence-corrected chi connectivity index (χ0v) is 17.4. The molecule has 1 heterocycles. The highest BCUT2D eigenvalue weighted by atomic mass is 16.6. The first-order valence-corrected chi connectivity index (χ1v) is 9.50. The van der Waals surface area contributed by atoms with Crippen LogP contribution in [0.4, 0.5) is 5.69 Å². The van der Waals surface area contributed by atoms with Crippen LogP contribution in [-0.2, 0) is 4.74 Å². The number of rotatable bonds is 7. The Balaban J connectivity index is 2.18. The van der Waals surface area contributed by atoms with Gasteiger partial charge in [-0.3, -0.25) is 10.1 Å². The van der Waals surface area contributed by atoms with E-state index in [0.717, 1.165) is 27.6 Å². The van der Waals surface area contributed by atoms with E-state index in [0.29, 0.717) is 17.7 Å². The lowest BCUT2D eigenvalue weighted by atomic mass is 9.86. The van der Waals surface area contributed by atoms with Crippen molar-refractivity contribution in [2.24, 2.45) is 0 Å². The molecular weight excluding hydrogens is 384 g/mol. The summed E-state index contributed by atoms with van der Waals surface area (Å²) in [5, 5.41) is 12.1. The maximum absolute atomic E-state index is 11.9. The Hall–Kier alpha value is -3.61. The Morgan fingerprint density at radius 2 is 1.93 bits per heavy atom. The second kappa shape index (κ2) is 8.82. The van der Waals surface area contributed by atoms with E-state index in [1.165, 1.54) is 13.2 Å². The van der Waals surface area contributed by atoms with Crippen molar-refractivity contribution in [3.63, 3.8) is 0 Å². The summed E-state index contributed by atoms with van der Waals surface area (Å²) < 4.78 is 10.4. The third-order valence-corrected chi connectivity index (χ3v) is 5.08. The number of nitrogens with zero attached hydrogens (tertiary/aromatic N) is 1. The first-order valence-electron chi connectivity index (χ1n) is 9.50. The summed E-state index contributed by atoms with van der Waals surface area (Å²) in [6, 6.07) is 10.0. The van der Waals surface area contributed by atoms with Crippen LogP contribution in [-0.4, -0.2) is 30.1 Å². The van der Waals surface area contributed by atoms with Gasteiger partial charge >= 0.3 is 5.97 Å². The quantitative estimate of drug-likeness (QED) is 0.246. The molecule has 7 heteroatoms. The highest BCUT2D eigenvalue weighted by Crippen LogP contribution is 2.39. The van der Waals surface area contributed by atoms with Crippen LogP contribution in [0.5, 0.6) is 5.75 Å². The van der Waals surface area contributed by atoms with E-state index < -0.39 is 10.9 Å². The summed E-state index contributed by atoms with van der Waals surface area (Å²) in [4.78, 5) is 26.0. The molecule has 30 heavy (non-hydrogen) atoms. The number of non-ortho nitro benzene ring substituents is 1. The van der Waals surface area contributed by atoms with Gasteiger partial charge in [0.05, 0.1) is 24.7 Å². The van der Waals surface area contributed by atoms with Gasteiger partial charge in [0.1, 0.15) is 5.75 Å². The molecule has 0 aliphatic rings. The van der Waals surface area contributed by atoms with Crippen LogP contribution >= 0.6 is 0 Å². The van der Waals surface area contributed by atoms with Crippen molar-refractivity contribution in [1.29, 1.82) is 0 Å². The molecule has 1 aromatic heterocycles. The number of aromatic nitrogens is 1. The third kappa shape index (κ3) is 4.20. The molecule has 3 aromatic rings. The van der Waals surface area contributed by atoms with Gasteiger partial charge in [0.25, 0.3) is 5.69 Å². The lowest BCUT2D eigenvalue weighted by Gasteiger charge is -2.19. The molecule has 1 unspecified atom stereocenters. The van der Waals surface area contributed by atoms with E-state index in [-0.39, 0.29) is 11.6 Å². The van der Waals surface area contributed by atoms with Gasteiger partial charge in [-0.2, -0.15) is 0 Å². The summed E-state index contributed by atoms with van der Waals surface area (Å²) in [7, 11) is 2.89. The molecule has 0 bridgehead atoms. The maximum Gasteiger partial charge on any atom is 0.337 e. The summed E-state index contributed by atoms with van der Waals surface area (Å²) in [6.45, 7) is 4.05. The zero-order valence-electron chi connectivity index (χ0n) is 17.4. The highest BCUT2D eigenvalue weighted by Gasteiger charge is 2.23. The van der Waals surface area contributed by atoms with E-state index in [4.69, 9.17) is 9.47 Å². The van der Waals surface area contributed by atoms with Crippen molar-refractivity contribution in [3.05, 3.63) is 81.0 Å². The van der Waals surface area contributed by atoms with E-state index >= 15 is 0 Å². The Morgan fingerprint density at radius 3 is 2.57 bits per heavy atom. The fourth-order valence-electron chi connectivity index (χ4n) is 3.55. The number of aromatic amines is 1. The van der Waals surface area contributed by atoms with Gasteiger partial charge in [-0.1, -0.05) is 17.7 Å². The normalized spacial score (nSPS) is 11.7. The van der Waals surface area contributed by atoms with Crippen LogP contribution in [0.15, 0.2) is 54.2 Å². The topological polar surface area (TPSA) is 94.5 Å². The number of ether oxygens (including phenoxy) is 2. The largest absolute Gasteiger partial charge is 0.496 e. The number of benzene rings is 2. The first-order chi connectivity index (χ1) is 14.3. The first kappa shape index (κ1) is 21.1. The lowest BCUT2D eigenvalue weighted by molar-refractivity contribution is -0.384. The SMILES string of the molecule is COC(=O)c1ccc(C(CC=C(C)C)c2c[nH]c3ccc([N+](=O)[O-])cc23)c(OC)c1. The minimum Gasteiger partial charge on any atom is -0.496 e. The molecule has 0 amide bonds. The second-order valence-electron chi connectivity index (χ2n) is 7.25. The predicted octanol–water partition coefficient (Wildman–Crippen LogP) is 5.36. The smallest absolute Gasteiger partial charge is 0.337 e. The van der Waals surface area contributed by atoms with Crippen molar-refractivity contribution < 1.29 is 19.2 Å². The molecule has 2 aromatic carbocycles. The van der Waals surface area contributed by atoms with Gasteiger partial charge in [0.2, 0.25) is 0 Å². The molecule has 7 nitrogen and oxygen atoms in total. The van der Waals surface area contributed by atoms with Gasteiger partial charge in [-0.05, 0) is 44.0 Å². The number of H-pyrrole nitrogens is 1. The van der Waals surface area contributed by atoms with Crippen LogP contribution < -0.4 is 4.74 Å². The number of nitro groups is 1. The zero-order chi connectivity index (χ0) is 21.8. The van der Waals surface area contributed by atoms with Gasteiger partial charge in [-0.25, -0.2) is 4.79 Å². The van der Waals surface area contributed by atoms with E-state index in [9.17, 15) is 14.9 Å². The van der Waals surface area contributed by atoms with Gasteiger partial charge in [0.15, 0.2) is 0 Å². The number of fused-ring (bicyclic) bond motifs is 1. The van der Waals surface area contributed by atoms with Crippen LogP contribution in [0.3, 0.4) is 0 Å². The van der Waals surface area contributed by atoms with E-state index in [1.807, 2.05) is 26.1 Å². The monoisotopic (exact) mass is 408 g/mol. The van der Waals surface area contributed by atoms with Gasteiger partial charge < -0.3 is 14.5 Å². The summed E-state index contributed by atoms with van der Waals surface area (Å²) >= 11 is 0. The lowest BCUT2D eigenvalue weighted by Crippen LogP contribution is -2.06. The molecule has 3 rings (SSSR count). The molecule has 0 spiro atoms. The number of allylic oxidation sites excluding steroid dienone is 2. The average Bonchev–Trinajstić information content (AvgIpc) is 3.16. The Kier molecular flexibility index (Phi) is 6.20. The fraction of sp³-hybridized carbons (Fsp3) is 0.261. The number of nitro benzene ring substituents is 1.